The van der Waals surface area contributed by atoms with Crippen molar-refractivity contribution in [1.82, 2.24) is 15.0 Å². The second-order valence-corrected chi connectivity index (χ2v) is 16.6. The predicted octanol–water partition coefficient (Wildman–Crippen LogP) is 14.9. The number of rotatable bonds is 7. The fourth-order valence-corrected chi connectivity index (χ4v) is 10.7. The molecule has 0 spiro atoms. The third-order valence-corrected chi connectivity index (χ3v) is 13.4. The minimum atomic E-state index is -0.729. The van der Waals surface area contributed by atoms with Gasteiger partial charge in [-0.3, -0.25) is 0 Å². The molecular formula is C58H37N3S. The molecule has 0 amide bonds. The van der Waals surface area contributed by atoms with Gasteiger partial charge >= 0.3 is 0 Å². The van der Waals surface area contributed by atoms with Crippen LogP contribution in [0.5, 0.6) is 0 Å². The summed E-state index contributed by atoms with van der Waals surface area (Å²) in [6.07, 6.45) is 0. The van der Waals surface area contributed by atoms with E-state index in [1.807, 2.05) is 78.9 Å². The van der Waals surface area contributed by atoms with Gasteiger partial charge in [0.15, 0.2) is 17.5 Å². The van der Waals surface area contributed by atoms with Crippen LogP contribution in [0.15, 0.2) is 224 Å². The molecule has 11 aromatic rings. The van der Waals surface area contributed by atoms with Gasteiger partial charge in [-0.2, -0.15) is 0 Å². The molecule has 0 N–H and O–H groups in total. The molecule has 62 heavy (non-hydrogen) atoms. The van der Waals surface area contributed by atoms with E-state index in [0.717, 1.165) is 75.8 Å². The van der Waals surface area contributed by atoms with E-state index in [2.05, 4.69) is 121 Å². The first-order chi connectivity index (χ1) is 32.4. The molecule has 12 rings (SSSR count). The number of benzene rings is 9. The monoisotopic (exact) mass is 811 g/mol. The summed E-state index contributed by atoms with van der Waals surface area (Å²) in [5.74, 6) is 0.951. The lowest BCUT2D eigenvalue weighted by atomic mass is 9.67. The van der Waals surface area contributed by atoms with Crippen LogP contribution in [-0.2, 0) is 5.41 Å². The summed E-state index contributed by atoms with van der Waals surface area (Å²) in [7, 11) is 0. The number of nitrogens with zero attached hydrogens (tertiary/aromatic N) is 3. The van der Waals surface area contributed by atoms with Gasteiger partial charge in [0.05, 0.1) is 10.9 Å². The molecule has 290 valence electrons. The maximum Gasteiger partial charge on any atom is 0.165 e. The predicted molar refractivity (Wildman–Crippen MR) is 257 cm³/mol. The van der Waals surface area contributed by atoms with Crippen LogP contribution in [0.2, 0.25) is 0 Å². The summed E-state index contributed by atoms with van der Waals surface area (Å²) in [4.78, 5) is 15.7. The molecule has 0 atom stereocenters. The van der Waals surface area contributed by atoms with E-state index in [1.54, 1.807) is 11.3 Å². The topological polar surface area (TPSA) is 38.7 Å². The zero-order valence-electron chi connectivity index (χ0n) is 37.3. The number of thiophene rings is 1. The number of hydrogen-bond acceptors (Lipinski definition) is 4. The molecule has 0 aliphatic heterocycles. The summed E-state index contributed by atoms with van der Waals surface area (Å²) < 4.78 is 39.8. The average molecular weight is 812 g/mol. The molecule has 0 bridgehead atoms. The van der Waals surface area contributed by atoms with Gasteiger partial charge in [-0.05, 0) is 73.8 Å². The van der Waals surface area contributed by atoms with Crippen molar-refractivity contribution in [3.8, 4) is 67.5 Å². The highest BCUT2D eigenvalue weighted by Gasteiger charge is 2.46. The first kappa shape index (κ1) is 32.0. The van der Waals surface area contributed by atoms with Gasteiger partial charge in [-0.25, -0.2) is 15.0 Å². The molecule has 0 radical (unpaired) electrons. The van der Waals surface area contributed by atoms with Crippen molar-refractivity contribution < 1.29 is 5.48 Å². The van der Waals surface area contributed by atoms with Crippen LogP contribution in [0, 0.1) is 0 Å². The third-order valence-electron chi connectivity index (χ3n) is 12.2. The van der Waals surface area contributed by atoms with E-state index < -0.39 is 5.41 Å². The maximum absolute atomic E-state index is 9.71. The molecule has 2 aromatic heterocycles. The van der Waals surface area contributed by atoms with E-state index in [9.17, 15) is 2.74 Å². The Morgan fingerprint density at radius 1 is 0.371 bits per heavy atom. The molecule has 9 aromatic carbocycles. The number of fused-ring (bicyclic) bond motifs is 6. The lowest BCUT2D eigenvalue weighted by Crippen LogP contribution is -2.28. The van der Waals surface area contributed by atoms with E-state index in [1.165, 1.54) is 0 Å². The van der Waals surface area contributed by atoms with Gasteiger partial charge in [-0.1, -0.05) is 206 Å². The van der Waals surface area contributed by atoms with Gasteiger partial charge in [0.2, 0.25) is 0 Å². The molecular weight excluding hydrogens is 771 g/mol. The largest absolute Gasteiger partial charge is 0.208 e. The maximum atomic E-state index is 9.71. The first-order valence-electron chi connectivity index (χ1n) is 22.7. The van der Waals surface area contributed by atoms with Crippen molar-refractivity contribution in [2.45, 2.75) is 5.41 Å². The summed E-state index contributed by atoms with van der Waals surface area (Å²) in [5, 5.41) is 2.23. The standard InChI is InChI=1S/C58H37N3S/c1-4-19-38(20-5-1)42-25-10-12-29-48(42)55-59-56(61-57(60-55)50-32-18-31-47-46-28-15-17-34-53(46)62-54(47)50)49-30-13-11-26-43(49)39-35-36-45-44-27-14-16-33-51(44)58(52(45)37-39,40-21-6-2-7-22-40)41-23-8-3-9-24-41/h1-37H/i11D,13D,26D,30D. The van der Waals surface area contributed by atoms with E-state index in [4.69, 9.17) is 17.7 Å². The summed E-state index contributed by atoms with van der Waals surface area (Å²) >= 11 is 1.68. The smallest absolute Gasteiger partial charge is 0.165 e. The quantitative estimate of drug-likeness (QED) is 0.161. The Hall–Kier alpha value is -7.79. The van der Waals surface area contributed by atoms with Crippen molar-refractivity contribution in [1.29, 1.82) is 0 Å². The van der Waals surface area contributed by atoms with Crippen LogP contribution >= 0.6 is 11.3 Å². The Bertz CT molecular complexity index is 3670. The summed E-state index contributed by atoms with van der Waals surface area (Å²) in [5.41, 5.74) is 10.4. The van der Waals surface area contributed by atoms with Crippen LogP contribution in [0.25, 0.3) is 87.7 Å². The average Bonchev–Trinajstić information content (AvgIpc) is 3.91. The van der Waals surface area contributed by atoms with Crippen LogP contribution < -0.4 is 0 Å². The fraction of sp³-hybridized carbons (Fsp3) is 0.0172. The van der Waals surface area contributed by atoms with Crippen LogP contribution in [0.1, 0.15) is 27.7 Å². The van der Waals surface area contributed by atoms with Gasteiger partial charge in [-0.15, -0.1) is 11.3 Å². The zero-order chi connectivity index (χ0) is 44.5. The van der Waals surface area contributed by atoms with Crippen molar-refractivity contribution in [3.05, 3.63) is 247 Å². The van der Waals surface area contributed by atoms with Crippen molar-refractivity contribution in [2.75, 3.05) is 0 Å². The van der Waals surface area contributed by atoms with Crippen LogP contribution in [0.3, 0.4) is 0 Å². The molecule has 0 saturated carbocycles. The van der Waals surface area contributed by atoms with Crippen molar-refractivity contribution in [3.63, 3.8) is 0 Å². The Morgan fingerprint density at radius 3 is 1.65 bits per heavy atom. The Balaban J connectivity index is 1.16. The highest BCUT2D eigenvalue weighted by molar-refractivity contribution is 7.26. The molecule has 1 aliphatic rings. The molecule has 4 heteroatoms. The first-order valence-corrected chi connectivity index (χ1v) is 21.5. The van der Waals surface area contributed by atoms with E-state index >= 15 is 0 Å². The van der Waals surface area contributed by atoms with Gasteiger partial charge < -0.3 is 0 Å². The molecule has 1 aliphatic carbocycles. The lowest BCUT2D eigenvalue weighted by molar-refractivity contribution is 0.769. The van der Waals surface area contributed by atoms with Gasteiger partial charge in [0.25, 0.3) is 0 Å². The van der Waals surface area contributed by atoms with Crippen molar-refractivity contribution in [2.24, 2.45) is 0 Å². The molecule has 2 heterocycles. The Kier molecular flexibility index (Phi) is 7.62. The van der Waals surface area contributed by atoms with Crippen molar-refractivity contribution >= 4 is 31.5 Å². The zero-order valence-corrected chi connectivity index (χ0v) is 34.1. The highest BCUT2D eigenvalue weighted by Crippen LogP contribution is 2.57. The summed E-state index contributed by atoms with van der Waals surface area (Å²) in [6, 6.07) is 67.3. The summed E-state index contributed by atoms with van der Waals surface area (Å²) in [6.45, 7) is 0. The van der Waals surface area contributed by atoms with Crippen LogP contribution in [0.4, 0.5) is 0 Å². The molecule has 3 nitrogen and oxygen atoms in total. The van der Waals surface area contributed by atoms with E-state index in [-0.39, 0.29) is 35.6 Å². The van der Waals surface area contributed by atoms with Gasteiger partial charge in [0, 0.05) is 36.9 Å². The highest BCUT2D eigenvalue weighted by atomic mass is 32.1. The van der Waals surface area contributed by atoms with E-state index in [0.29, 0.717) is 22.8 Å². The Morgan fingerprint density at radius 2 is 0.903 bits per heavy atom. The number of aromatic nitrogens is 3. The normalized spacial score (nSPS) is 13.5. The Labute approximate surface area is 370 Å². The molecule has 0 fully saturated rings. The van der Waals surface area contributed by atoms with Crippen LogP contribution in [-0.4, -0.2) is 15.0 Å². The second kappa shape index (κ2) is 14.7. The minimum absolute atomic E-state index is 0.152. The lowest BCUT2D eigenvalue weighted by Gasteiger charge is -2.34. The third kappa shape index (κ3) is 5.68. The van der Waals surface area contributed by atoms with Gasteiger partial charge in [0.1, 0.15) is 0 Å². The molecule has 0 unspecified atom stereocenters. The SMILES string of the molecule is [2H]c1c([2H])c([2H])c(-c2nc(-c3ccccc3-c3ccccc3)nc(-c3cccc4c3sc3ccccc34)n2)c(-c2ccc3c(c2)C(c2ccccc2)(c2ccccc2)c2ccccc2-3)c1[2H]. The number of hydrogen-bond donors (Lipinski definition) is 0. The molecule has 0 saturated heterocycles. The second-order valence-electron chi connectivity index (χ2n) is 15.5. The fourth-order valence-electron chi connectivity index (χ4n) is 9.50. The minimum Gasteiger partial charge on any atom is -0.208 e.